The quantitative estimate of drug-likeness (QED) is 0.163. The van der Waals surface area contributed by atoms with E-state index in [2.05, 4.69) is 5.32 Å². The van der Waals surface area contributed by atoms with Gasteiger partial charge in [-0.05, 0) is 54.3 Å². The van der Waals surface area contributed by atoms with Crippen molar-refractivity contribution in [3.8, 4) is 5.75 Å². The van der Waals surface area contributed by atoms with Crippen LogP contribution >= 0.6 is 0 Å². The first kappa shape index (κ1) is 36.9. The number of aliphatic hydroxyl groups is 1. The van der Waals surface area contributed by atoms with Crippen LogP contribution in [-0.2, 0) is 26.0 Å². The summed E-state index contributed by atoms with van der Waals surface area (Å²) in [5.41, 5.74) is 1.16. The van der Waals surface area contributed by atoms with Crippen LogP contribution in [0, 0.1) is 16.0 Å². The topological polar surface area (TPSA) is 163 Å². The van der Waals surface area contributed by atoms with Gasteiger partial charge >= 0.3 is 0 Å². The third-order valence-corrected chi connectivity index (χ3v) is 9.20. The molecule has 2 N–H and O–H groups in total. The summed E-state index contributed by atoms with van der Waals surface area (Å²) in [6.45, 7) is 3.05. The molecule has 47 heavy (non-hydrogen) atoms. The van der Waals surface area contributed by atoms with E-state index < -0.39 is 33.0 Å². The number of carbonyl (C=O) groups is 2. The van der Waals surface area contributed by atoms with E-state index >= 15 is 0 Å². The molecule has 0 spiro atoms. The molecule has 3 rings (SSSR count). The lowest BCUT2D eigenvalue weighted by Gasteiger charge is -2.31. The number of methoxy groups -OCH3 is 1. The minimum atomic E-state index is -4.17. The van der Waals surface area contributed by atoms with Crippen molar-refractivity contribution in [2.45, 2.75) is 37.3 Å². The SMILES string of the molecule is COc1ccc(N(CC(=O)N[C@@H](Cc2ccccc2)[C@H](O)CN(CC(C)C)S(=O)(=O)c2ccc([N+](=O)[O-])cc2)CC(=O)N(C)C)cc1. The number of sulfonamides is 1. The number of nitrogens with one attached hydrogen (secondary N) is 1. The molecule has 0 heterocycles. The van der Waals surface area contributed by atoms with Crippen molar-refractivity contribution in [2.24, 2.45) is 5.92 Å². The molecule has 0 radical (unpaired) electrons. The number of likely N-dealkylation sites (N-methyl/N-ethyl adjacent to an activating group) is 1. The number of nitro groups is 1. The summed E-state index contributed by atoms with van der Waals surface area (Å²) in [5, 5.41) is 25.5. The molecule has 3 aromatic carbocycles. The van der Waals surface area contributed by atoms with Gasteiger partial charge in [0.05, 0.1) is 42.2 Å². The molecule has 0 bridgehead atoms. The van der Waals surface area contributed by atoms with Crippen LogP contribution in [0.3, 0.4) is 0 Å². The number of nitrogens with zero attached hydrogens (tertiary/aromatic N) is 4. The zero-order valence-corrected chi connectivity index (χ0v) is 28.1. The Morgan fingerprint density at radius 2 is 1.55 bits per heavy atom. The van der Waals surface area contributed by atoms with Gasteiger partial charge in [0, 0.05) is 45.0 Å². The molecule has 0 fully saturated rings. The molecule has 0 aliphatic carbocycles. The van der Waals surface area contributed by atoms with Crippen molar-refractivity contribution in [2.75, 3.05) is 52.3 Å². The minimum Gasteiger partial charge on any atom is -0.497 e. The van der Waals surface area contributed by atoms with Crippen molar-refractivity contribution in [3.05, 3.63) is 94.5 Å². The lowest BCUT2D eigenvalue weighted by Crippen LogP contribution is -2.53. The molecule has 0 unspecified atom stereocenters. The minimum absolute atomic E-state index is 0.0558. The van der Waals surface area contributed by atoms with Gasteiger partial charge in [0.25, 0.3) is 5.69 Å². The number of aliphatic hydroxyl groups excluding tert-OH is 1. The molecule has 0 aromatic heterocycles. The fourth-order valence-corrected chi connectivity index (χ4v) is 6.44. The number of nitro benzene ring substituents is 1. The Bertz CT molecular complexity index is 1580. The monoisotopic (exact) mass is 669 g/mol. The van der Waals surface area contributed by atoms with Gasteiger partial charge in [-0.25, -0.2) is 8.42 Å². The number of hydrogen-bond acceptors (Lipinski definition) is 9. The third kappa shape index (κ3) is 10.8. The first-order valence-corrected chi connectivity index (χ1v) is 16.5. The van der Waals surface area contributed by atoms with Crippen molar-refractivity contribution in [1.29, 1.82) is 0 Å². The van der Waals surface area contributed by atoms with E-state index in [4.69, 9.17) is 4.74 Å². The Morgan fingerprint density at radius 3 is 2.09 bits per heavy atom. The van der Waals surface area contributed by atoms with E-state index in [9.17, 15) is 33.2 Å². The highest BCUT2D eigenvalue weighted by molar-refractivity contribution is 7.89. The molecule has 2 amide bonds. The predicted molar refractivity (Wildman–Crippen MR) is 179 cm³/mol. The predicted octanol–water partition coefficient (Wildman–Crippen LogP) is 2.93. The first-order valence-electron chi connectivity index (χ1n) is 15.1. The summed E-state index contributed by atoms with van der Waals surface area (Å²) in [7, 11) is 0.601. The van der Waals surface area contributed by atoms with E-state index in [1.165, 1.54) is 24.1 Å². The molecule has 2 atom stereocenters. The van der Waals surface area contributed by atoms with Crippen molar-refractivity contribution in [3.63, 3.8) is 0 Å². The summed E-state index contributed by atoms with van der Waals surface area (Å²) in [6.07, 6.45) is -1.15. The van der Waals surface area contributed by atoms with Crippen LogP contribution in [-0.4, -0.2) is 99.0 Å². The number of anilines is 1. The van der Waals surface area contributed by atoms with E-state index in [0.29, 0.717) is 11.4 Å². The van der Waals surface area contributed by atoms with Gasteiger partial charge in [0.2, 0.25) is 21.8 Å². The molecule has 254 valence electrons. The lowest BCUT2D eigenvalue weighted by molar-refractivity contribution is -0.384. The number of non-ortho nitro benzene ring substituents is 1. The highest BCUT2D eigenvalue weighted by atomic mass is 32.2. The van der Waals surface area contributed by atoms with Crippen LogP contribution in [0.4, 0.5) is 11.4 Å². The highest BCUT2D eigenvalue weighted by Gasteiger charge is 2.32. The first-order chi connectivity index (χ1) is 22.2. The fraction of sp³-hybridized carbons (Fsp3) is 0.394. The normalized spacial score (nSPS) is 12.8. The number of hydrogen-bond donors (Lipinski definition) is 2. The molecular formula is C33H43N5O8S. The second kappa shape index (κ2) is 16.9. The Balaban J connectivity index is 1.89. The number of rotatable bonds is 17. The Morgan fingerprint density at radius 1 is 0.936 bits per heavy atom. The van der Waals surface area contributed by atoms with Crippen molar-refractivity contribution >= 4 is 33.2 Å². The van der Waals surface area contributed by atoms with Gasteiger partial charge in [-0.15, -0.1) is 0 Å². The number of ether oxygens (including phenoxy) is 1. The summed E-state index contributed by atoms with van der Waals surface area (Å²) in [4.78, 5) is 39.6. The molecule has 3 aromatic rings. The average molecular weight is 670 g/mol. The van der Waals surface area contributed by atoms with Gasteiger partial charge in [0.15, 0.2) is 0 Å². The average Bonchev–Trinajstić information content (AvgIpc) is 3.04. The molecule has 0 saturated heterocycles. The van der Waals surface area contributed by atoms with Gasteiger partial charge in [-0.3, -0.25) is 19.7 Å². The van der Waals surface area contributed by atoms with Crippen LogP contribution in [0.15, 0.2) is 83.8 Å². The summed E-state index contributed by atoms with van der Waals surface area (Å²) < 4.78 is 33.8. The van der Waals surface area contributed by atoms with Crippen molar-refractivity contribution in [1.82, 2.24) is 14.5 Å². The van der Waals surface area contributed by atoms with Gasteiger partial charge in [-0.1, -0.05) is 44.2 Å². The molecule has 0 aliphatic heterocycles. The Labute approximate surface area is 275 Å². The highest BCUT2D eigenvalue weighted by Crippen LogP contribution is 2.23. The molecule has 0 aliphatic rings. The Hall–Kier alpha value is -4.53. The van der Waals surface area contributed by atoms with Crippen LogP contribution in [0.25, 0.3) is 0 Å². The zero-order valence-electron chi connectivity index (χ0n) is 27.3. The van der Waals surface area contributed by atoms with Crippen molar-refractivity contribution < 1.29 is 32.8 Å². The summed E-state index contributed by atoms with van der Waals surface area (Å²) >= 11 is 0. The van der Waals surface area contributed by atoms with E-state index in [1.54, 1.807) is 43.3 Å². The second-order valence-corrected chi connectivity index (χ2v) is 13.7. The second-order valence-electron chi connectivity index (χ2n) is 11.7. The van der Waals surface area contributed by atoms with Crippen LogP contribution < -0.4 is 15.0 Å². The largest absolute Gasteiger partial charge is 0.497 e. The van der Waals surface area contributed by atoms with Gasteiger partial charge in [-0.2, -0.15) is 4.31 Å². The van der Waals surface area contributed by atoms with E-state index in [0.717, 1.165) is 22.0 Å². The molecule has 13 nitrogen and oxygen atoms in total. The van der Waals surface area contributed by atoms with Crippen LogP contribution in [0.5, 0.6) is 5.75 Å². The van der Waals surface area contributed by atoms with Gasteiger partial charge < -0.3 is 25.0 Å². The smallest absolute Gasteiger partial charge is 0.269 e. The number of carbonyl (C=O) groups excluding carboxylic acids is 2. The van der Waals surface area contributed by atoms with Crippen LogP contribution in [0.2, 0.25) is 0 Å². The summed E-state index contributed by atoms with van der Waals surface area (Å²) in [5.74, 6) is -0.224. The molecule has 14 heteroatoms. The Kier molecular flexibility index (Phi) is 13.2. The standard InChI is InChI=1S/C33H43N5O8S/c1-24(2)20-37(47(44,45)29-17-13-27(14-18-29)38(42)43)21-31(39)30(19-25-9-7-6-8-10-25)34-32(40)22-36(23-33(41)35(3)4)26-11-15-28(46-5)16-12-26/h6-18,24,30-31,39H,19-23H2,1-5H3,(H,34,40)/t30-,31+/m0/s1. The third-order valence-electron chi connectivity index (χ3n) is 7.35. The van der Waals surface area contributed by atoms with Gasteiger partial charge in [0.1, 0.15) is 5.75 Å². The van der Waals surface area contributed by atoms with E-state index in [1.807, 2.05) is 44.2 Å². The maximum absolute atomic E-state index is 13.7. The maximum Gasteiger partial charge on any atom is 0.269 e. The summed E-state index contributed by atoms with van der Waals surface area (Å²) in [6, 6.07) is 19.7. The number of amides is 2. The molecule has 0 saturated carbocycles. The fourth-order valence-electron chi connectivity index (χ4n) is 4.82. The lowest BCUT2D eigenvalue weighted by atomic mass is 10.0. The van der Waals surface area contributed by atoms with E-state index in [-0.39, 0.29) is 55.0 Å². The zero-order chi connectivity index (χ0) is 34.7. The van der Waals surface area contributed by atoms with Crippen LogP contribution in [0.1, 0.15) is 19.4 Å². The maximum atomic E-state index is 13.7. The number of benzene rings is 3. The molecular weight excluding hydrogens is 626 g/mol.